The molecule has 0 radical (unpaired) electrons. The third kappa shape index (κ3) is 6.93. The second-order valence-electron chi connectivity index (χ2n) is 4.23. The summed E-state index contributed by atoms with van der Waals surface area (Å²) < 4.78 is 5.65. The second kappa shape index (κ2) is 5.82. The number of hydrogen-bond acceptors (Lipinski definition) is 1. The Bertz CT molecular complexity index is 107. The van der Waals surface area contributed by atoms with Gasteiger partial charge < -0.3 is 4.74 Å². The van der Waals surface area contributed by atoms with Gasteiger partial charge in [0.2, 0.25) is 0 Å². The molecule has 0 N–H and O–H groups in total. The van der Waals surface area contributed by atoms with E-state index in [2.05, 4.69) is 27.7 Å². The predicted molar refractivity (Wildman–Crippen MR) is 54.8 cm³/mol. The van der Waals surface area contributed by atoms with E-state index >= 15 is 0 Å². The van der Waals surface area contributed by atoms with Crippen LogP contribution in [-0.4, -0.2) is 18.1 Å². The summed E-state index contributed by atoms with van der Waals surface area (Å²) in [5.41, 5.74) is -0.0297. The maximum atomic E-state index is 5.80. The molecular weight excluding hydrogens is 172 g/mol. The van der Waals surface area contributed by atoms with Crippen LogP contribution >= 0.6 is 11.6 Å². The Morgan fingerprint density at radius 3 is 2.25 bits per heavy atom. The quantitative estimate of drug-likeness (QED) is 0.607. The van der Waals surface area contributed by atoms with E-state index in [1.165, 1.54) is 12.8 Å². The van der Waals surface area contributed by atoms with E-state index in [9.17, 15) is 0 Å². The lowest BCUT2D eigenvalue weighted by atomic mass is 10.1. The molecule has 0 amide bonds. The second-order valence-corrected chi connectivity index (χ2v) is 4.54. The van der Waals surface area contributed by atoms with Crippen molar-refractivity contribution < 1.29 is 4.74 Å². The van der Waals surface area contributed by atoms with Crippen LogP contribution in [0.15, 0.2) is 0 Å². The molecule has 12 heavy (non-hydrogen) atoms. The third-order valence-electron chi connectivity index (χ3n) is 1.67. The molecule has 0 aromatic heterocycles. The van der Waals surface area contributed by atoms with Gasteiger partial charge in [0.1, 0.15) is 0 Å². The molecule has 0 heterocycles. The summed E-state index contributed by atoms with van der Waals surface area (Å²) in [6.07, 6.45) is 2.35. The maximum Gasteiger partial charge on any atom is 0.0598 e. The topological polar surface area (TPSA) is 9.23 Å². The SMILES string of the molecule is CCCC(CCl)COC(C)(C)C. The van der Waals surface area contributed by atoms with Crippen LogP contribution in [0.3, 0.4) is 0 Å². The van der Waals surface area contributed by atoms with Gasteiger partial charge in [0.25, 0.3) is 0 Å². The molecule has 0 aliphatic heterocycles. The van der Waals surface area contributed by atoms with E-state index in [1.54, 1.807) is 0 Å². The van der Waals surface area contributed by atoms with Crippen LogP contribution in [0.4, 0.5) is 0 Å². The van der Waals surface area contributed by atoms with Gasteiger partial charge in [0, 0.05) is 5.88 Å². The number of halogens is 1. The fourth-order valence-electron chi connectivity index (χ4n) is 0.981. The first-order valence-electron chi connectivity index (χ1n) is 4.69. The van der Waals surface area contributed by atoms with E-state index in [4.69, 9.17) is 16.3 Å². The van der Waals surface area contributed by atoms with Crippen molar-refractivity contribution in [3.8, 4) is 0 Å². The summed E-state index contributed by atoms with van der Waals surface area (Å²) in [5, 5.41) is 0. The van der Waals surface area contributed by atoms with Crippen molar-refractivity contribution in [2.24, 2.45) is 5.92 Å². The highest BCUT2D eigenvalue weighted by Crippen LogP contribution is 2.14. The Hall–Kier alpha value is 0.250. The van der Waals surface area contributed by atoms with Gasteiger partial charge >= 0.3 is 0 Å². The molecule has 1 nitrogen and oxygen atoms in total. The number of alkyl halides is 1. The van der Waals surface area contributed by atoms with Crippen molar-refractivity contribution in [1.29, 1.82) is 0 Å². The van der Waals surface area contributed by atoms with Gasteiger partial charge in [-0.15, -0.1) is 11.6 Å². The number of rotatable bonds is 5. The summed E-state index contributed by atoms with van der Waals surface area (Å²) in [6, 6.07) is 0. The van der Waals surface area contributed by atoms with Crippen molar-refractivity contribution in [2.45, 2.75) is 46.1 Å². The van der Waals surface area contributed by atoms with Crippen molar-refractivity contribution in [2.75, 3.05) is 12.5 Å². The van der Waals surface area contributed by atoms with Crippen LogP contribution in [0.1, 0.15) is 40.5 Å². The van der Waals surface area contributed by atoms with Gasteiger partial charge in [-0.3, -0.25) is 0 Å². The molecule has 0 aliphatic rings. The van der Waals surface area contributed by atoms with Gasteiger partial charge in [-0.05, 0) is 33.1 Å². The molecule has 0 aromatic carbocycles. The molecule has 0 bridgehead atoms. The minimum absolute atomic E-state index is 0.0297. The smallest absolute Gasteiger partial charge is 0.0598 e. The van der Waals surface area contributed by atoms with Crippen molar-refractivity contribution in [3.63, 3.8) is 0 Å². The lowest BCUT2D eigenvalue weighted by molar-refractivity contribution is -0.0201. The summed E-state index contributed by atoms with van der Waals surface area (Å²) >= 11 is 5.80. The molecular formula is C10H21ClO. The van der Waals surface area contributed by atoms with Gasteiger partial charge in [-0.2, -0.15) is 0 Å². The first-order valence-corrected chi connectivity index (χ1v) is 5.23. The van der Waals surface area contributed by atoms with Gasteiger partial charge in [0.05, 0.1) is 12.2 Å². The standard InChI is InChI=1S/C10H21ClO/c1-5-6-9(7-11)8-12-10(2,3)4/h9H,5-8H2,1-4H3. The highest BCUT2D eigenvalue weighted by atomic mass is 35.5. The number of hydrogen-bond donors (Lipinski definition) is 0. The number of ether oxygens (including phenoxy) is 1. The third-order valence-corrected chi connectivity index (χ3v) is 2.10. The summed E-state index contributed by atoms with van der Waals surface area (Å²) in [7, 11) is 0. The fourth-order valence-corrected chi connectivity index (χ4v) is 1.22. The Balaban J connectivity index is 3.58. The van der Waals surface area contributed by atoms with Gasteiger partial charge in [0.15, 0.2) is 0 Å². The zero-order valence-corrected chi connectivity index (χ0v) is 9.45. The van der Waals surface area contributed by atoms with E-state index < -0.39 is 0 Å². The fraction of sp³-hybridized carbons (Fsp3) is 1.00. The van der Waals surface area contributed by atoms with Crippen LogP contribution in [0, 0.1) is 5.92 Å². The van der Waals surface area contributed by atoms with Crippen LogP contribution in [-0.2, 0) is 4.74 Å². The molecule has 1 unspecified atom stereocenters. The summed E-state index contributed by atoms with van der Waals surface area (Å²) in [6.45, 7) is 9.19. The molecule has 1 atom stereocenters. The molecule has 74 valence electrons. The Morgan fingerprint density at radius 2 is 1.92 bits per heavy atom. The molecule has 0 aromatic rings. The van der Waals surface area contributed by atoms with E-state index in [-0.39, 0.29) is 5.60 Å². The Morgan fingerprint density at radius 1 is 1.33 bits per heavy atom. The first-order chi connectivity index (χ1) is 5.49. The first kappa shape index (κ1) is 12.2. The predicted octanol–water partition coefficient (Wildman–Crippen LogP) is 3.46. The minimum atomic E-state index is -0.0297. The average Bonchev–Trinajstić information content (AvgIpc) is 1.96. The van der Waals surface area contributed by atoms with E-state index in [0.717, 1.165) is 6.61 Å². The zero-order chi connectivity index (χ0) is 9.61. The summed E-state index contributed by atoms with van der Waals surface area (Å²) in [5.74, 6) is 1.24. The maximum absolute atomic E-state index is 5.80. The molecule has 2 heteroatoms. The lowest BCUT2D eigenvalue weighted by Gasteiger charge is -2.23. The van der Waals surface area contributed by atoms with E-state index in [1.807, 2.05) is 0 Å². The van der Waals surface area contributed by atoms with Crippen molar-refractivity contribution in [1.82, 2.24) is 0 Å². The van der Waals surface area contributed by atoms with Crippen LogP contribution in [0.2, 0.25) is 0 Å². The minimum Gasteiger partial charge on any atom is -0.376 e. The van der Waals surface area contributed by atoms with E-state index in [0.29, 0.717) is 11.8 Å². The summed E-state index contributed by atoms with van der Waals surface area (Å²) in [4.78, 5) is 0. The van der Waals surface area contributed by atoms with Crippen LogP contribution < -0.4 is 0 Å². The highest BCUT2D eigenvalue weighted by Gasteiger charge is 2.13. The van der Waals surface area contributed by atoms with Crippen LogP contribution in [0.5, 0.6) is 0 Å². The van der Waals surface area contributed by atoms with Gasteiger partial charge in [-0.25, -0.2) is 0 Å². The van der Waals surface area contributed by atoms with Crippen molar-refractivity contribution >= 4 is 11.6 Å². The largest absolute Gasteiger partial charge is 0.376 e. The molecule has 0 spiro atoms. The lowest BCUT2D eigenvalue weighted by Crippen LogP contribution is -2.24. The molecule has 0 saturated carbocycles. The van der Waals surface area contributed by atoms with Crippen LogP contribution in [0.25, 0.3) is 0 Å². The Labute approximate surface area is 81.4 Å². The Kier molecular flexibility index (Phi) is 5.94. The van der Waals surface area contributed by atoms with Crippen molar-refractivity contribution in [3.05, 3.63) is 0 Å². The van der Waals surface area contributed by atoms with Gasteiger partial charge in [-0.1, -0.05) is 13.3 Å². The average molecular weight is 193 g/mol. The molecule has 0 fully saturated rings. The molecule has 0 rings (SSSR count). The highest BCUT2D eigenvalue weighted by molar-refractivity contribution is 6.18. The monoisotopic (exact) mass is 192 g/mol. The molecule has 0 aliphatic carbocycles. The zero-order valence-electron chi connectivity index (χ0n) is 8.69. The normalized spacial score (nSPS) is 14.8. The molecule has 0 saturated heterocycles.